The van der Waals surface area contributed by atoms with Crippen LogP contribution in [-0.2, 0) is 32.6 Å². The number of anilines is 1. The van der Waals surface area contributed by atoms with Gasteiger partial charge in [0.15, 0.2) is 11.5 Å². The molecule has 0 aliphatic carbocycles. The highest BCUT2D eigenvalue weighted by molar-refractivity contribution is 9.10. The summed E-state index contributed by atoms with van der Waals surface area (Å²) in [5.74, 6) is 0.0452. The van der Waals surface area contributed by atoms with Gasteiger partial charge in [-0.25, -0.2) is 8.42 Å². The Morgan fingerprint density at radius 3 is 2.19 bits per heavy atom. The van der Waals surface area contributed by atoms with Crippen molar-refractivity contribution in [2.45, 2.75) is 43.7 Å². The highest BCUT2D eigenvalue weighted by Crippen LogP contribution is 2.36. The number of ether oxygens (including phenoxy) is 2. The van der Waals surface area contributed by atoms with E-state index in [1.807, 2.05) is 61.5 Å². The summed E-state index contributed by atoms with van der Waals surface area (Å²) < 4.78 is 41.8. The molecule has 4 aromatic rings. The first-order chi connectivity index (χ1) is 22.8. The second-order valence-corrected chi connectivity index (χ2v) is 13.9. The third-order valence-electron chi connectivity index (χ3n) is 7.79. The zero-order chi connectivity index (χ0) is 33.2. The van der Waals surface area contributed by atoms with Crippen molar-refractivity contribution in [3.8, 4) is 11.5 Å². The SMILES string of the molecule is CCCCNC(=O)C(Cc1ccccc1)N(Cc1ccc(Br)cc1)C(=O)CN(c1ccc2c(c1)OCCO2)S(=O)(=O)c1ccccc1. The number of carbonyl (C=O) groups excluding carboxylic acids is 2. The smallest absolute Gasteiger partial charge is 0.264 e. The van der Waals surface area contributed by atoms with Gasteiger partial charge in [-0.1, -0.05) is 89.9 Å². The summed E-state index contributed by atoms with van der Waals surface area (Å²) in [6, 6.07) is 28.8. The van der Waals surface area contributed by atoms with Crippen molar-refractivity contribution < 1.29 is 27.5 Å². The molecule has 1 aliphatic rings. The molecule has 2 amide bonds. The van der Waals surface area contributed by atoms with Gasteiger partial charge < -0.3 is 19.7 Å². The maximum atomic E-state index is 14.6. The quantitative estimate of drug-likeness (QED) is 0.161. The fourth-order valence-corrected chi connectivity index (χ4v) is 6.97. The van der Waals surface area contributed by atoms with E-state index in [1.54, 1.807) is 36.4 Å². The van der Waals surface area contributed by atoms with Crippen LogP contribution in [0.25, 0.3) is 0 Å². The molecule has 0 fully saturated rings. The molecule has 0 saturated carbocycles. The Bertz CT molecular complexity index is 1750. The summed E-state index contributed by atoms with van der Waals surface area (Å²) in [5, 5.41) is 3.01. The summed E-state index contributed by atoms with van der Waals surface area (Å²) in [6.45, 7) is 2.73. The lowest BCUT2D eigenvalue weighted by Gasteiger charge is -2.34. The van der Waals surface area contributed by atoms with E-state index >= 15 is 0 Å². The van der Waals surface area contributed by atoms with E-state index in [2.05, 4.69) is 21.2 Å². The van der Waals surface area contributed by atoms with Gasteiger partial charge in [0, 0.05) is 30.0 Å². The molecule has 0 aromatic heterocycles. The molecule has 0 bridgehead atoms. The van der Waals surface area contributed by atoms with Crippen molar-refractivity contribution in [1.29, 1.82) is 0 Å². The van der Waals surface area contributed by atoms with E-state index in [9.17, 15) is 18.0 Å². The molecule has 1 atom stereocenters. The molecule has 9 nitrogen and oxygen atoms in total. The number of nitrogens with zero attached hydrogens (tertiary/aromatic N) is 2. The van der Waals surface area contributed by atoms with Crippen LogP contribution in [0.2, 0.25) is 0 Å². The van der Waals surface area contributed by atoms with Gasteiger partial charge >= 0.3 is 0 Å². The van der Waals surface area contributed by atoms with Gasteiger partial charge in [0.05, 0.1) is 10.6 Å². The lowest BCUT2D eigenvalue weighted by Crippen LogP contribution is -2.53. The van der Waals surface area contributed by atoms with Crippen molar-refractivity contribution >= 4 is 43.5 Å². The van der Waals surface area contributed by atoms with Gasteiger partial charge in [-0.3, -0.25) is 13.9 Å². The van der Waals surface area contributed by atoms with Crippen LogP contribution in [0.15, 0.2) is 112 Å². The summed E-state index contributed by atoms with van der Waals surface area (Å²) in [4.78, 5) is 30.0. The molecule has 0 saturated heterocycles. The number of sulfonamides is 1. The number of halogens is 1. The number of fused-ring (bicyclic) bond motifs is 1. The van der Waals surface area contributed by atoms with E-state index in [1.165, 1.54) is 17.0 Å². The topological polar surface area (TPSA) is 105 Å². The van der Waals surface area contributed by atoms with Crippen molar-refractivity contribution in [1.82, 2.24) is 10.2 Å². The lowest BCUT2D eigenvalue weighted by atomic mass is 10.0. The number of benzene rings is 4. The van der Waals surface area contributed by atoms with Gasteiger partial charge in [0.2, 0.25) is 11.8 Å². The highest BCUT2D eigenvalue weighted by Gasteiger charge is 2.35. The van der Waals surface area contributed by atoms with Gasteiger partial charge in [-0.05, 0) is 53.9 Å². The van der Waals surface area contributed by atoms with Crippen LogP contribution >= 0.6 is 15.9 Å². The van der Waals surface area contributed by atoms with Gasteiger partial charge in [0.1, 0.15) is 25.8 Å². The predicted octanol–water partition coefficient (Wildman–Crippen LogP) is 5.97. The fourth-order valence-electron chi connectivity index (χ4n) is 5.28. The summed E-state index contributed by atoms with van der Waals surface area (Å²) >= 11 is 3.46. The minimum atomic E-state index is -4.23. The monoisotopic (exact) mass is 719 g/mol. The molecular weight excluding hydrogens is 682 g/mol. The lowest BCUT2D eigenvalue weighted by molar-refractivity contribution is -0.140. The minimum Gasteiger partial charge on any atom is -0.486 e. The molecule has 5 rings (SSSR count). The number of nitrogens with one attached hydrogen (secondary N) is 1. The normalized spacial score (nSPS) is 13.0. The third kappa shape index (κ3) is 8.72. The van der Waals surface area contributed by atoms with Crippen molar-refractivity contribution in [3.63, 3.8) is 0 Å². The standard InChI is InChI=1S/C36H38BrN3O6S/c1-2-3-20-38-36(42)32(23-27-10-6-4-7-11-27)39(25-28-14-16-29(37)17-15-28)35(41)26-40(47(43,44)31-12-8-5-9-13-31)30-18-19-33-34(24-30)46-22-21-45-33/h4-19,24,32H,2-3,20-23,25-26H2,1H3,(H,38,42). The second kappa shape index (κ2) is 16.0. The Balaban J connectivity index is 1.56. The first-order valence-electron chi connectivity index (χ1n) is 15.6. The molecule has 0 radical (unpaired) electrons. The summed E-state index contributed by atoms with van der Waals surface area (Å²) in [7, 11) is -4.23. The predicted molar refractivity (Wildman–Crippen MR) is 185 cm³/mol. The number of hydrogen-bond donors (Lipinski definition) is 1. The van der Waals surface area contributed by atoms with Crippen LogP contribution in [0.3, 0.4) is 0 Å². The minimum absolute atomic E-state index is 0.0280. The van der Waals surface area contributed by atoms with Gasteiger partial charge in [-0.15, -0.1) is 0 Å². The summed E-state index contributed by atoms with van der Waals surface area (Å²) in [6.07, 6.45) is 1.93. The van der Waals surface area contributed by atoms with E-state index in [-0.39, 0.29) is 29.5 Å². The number of amides is 2. The zero-order valence-electron chi connectivity index (χ0n) is 26.2. The maximum Gasteiger partial charge on any atom is 0.264 e. The van der Waals surface area contributed by atoms with E-state index in [0.29, 0.717) is 31.3 Å². The first kappa shape index (κ1) is 34.0. The van der Waals surface area contributed by atoms with Crippen LogP contribution in [0.5, 0.6) is 11.5 Å². The van der Waals surface area contributed by atoms with Crippen molar-refractivity contribution in [2.75, 3.05) is 30.6 Å². The van der Waals surface area contributed by atoms with Crippen LogP contribution < -0.4 is 19.1 Å². The molecule has 4 aromatic carbocycles. The van der Waals surface area contributed by atoms with Gasteiger partial charge in [0.25, 0.3) is 10.0 Å². The van der Waals surface area contributed by atoms with Crippen LogP contribution in [0.1, 0.15) is 30.9 Å². The van der Waals surface area contributed by atoms with Gasteiger partial charge in [-0.2, -0.15) is 0 Å². The molecule has 0 spiro atoms. The largest absolute Gasteiger partial charge is 0.486 e. The molecule has 246 valence electrons. The van der Waals surface area contributed by atoms with E-state index in [0.717, 1.165) is 32.7 Å². The van der Waals surface area contributed by atoms with Crippen molar-refractivity contribution in [3.05, 3.63) is 119 Å². The van der Waals surface area contributed by atoms with E-state index in [4.69, 9.17) is 9.47 Å². The molecule has 11 heteroatoms. The second-order valence-electron chi connectivity index (χ2n) is 11.2. The summed E-state index contributed by atoms with van der Waals surface area (Å²) in [5.41, 5.74) is 1.90. The average Bonchev–Trinajstić information content (AvgIpc) is 3.10. The number of rotatable bonds is 14. The number of carbonyl (C=O) groups is 2. The zero-order valence-corrected chi connectivity index (χ0v) is 28.6. The van der Waals surface area contributed by atoms with E-state index < -0.39 is 28.5 Å². The molecule has 1 heterocycles. The molecule has 1 N–H and O–H groups in total. The molecule has 1 aliphatic heterocycles. The third-order valence-corrected chi connectivity index (χ3v) is 10.1. The maximum absolute atomic E-state index is 14.6. The number of unbranched alkanes of at least 4 members (excludes halogenated alkanes) is 1. The molecular formula is C36H38BrN3O6S. The molecule has 1 unspecified atom stereocenters. The molecule has 47 heavy (non-hydrogen) atoms. The Morgan fingerprint density at radius 2 is 1.51 bits per heavy atom. The van der Waals surface area contributed by atoms with Crippen molar-refractivity contribution in [2.24, 2.45) is 0 Å². The Morgan fingerprint density at radius 1 is 0.851 bits per heavy atom. The Labute approximate surface area is 284 Å². The Kier molecular flexibility index (Phi) is 11.6. The van der Waals surface area contributed by atoms with Crippen LogP contribution in [-0.4, -0.2) is 57.5 Å². The van der Waals surface area contributed by atoms with Crippen LogP contribution in [0, 0.1) is 0 Å². The van der Waals surface area contributed by atoms with Crippen LogP contribution in [0.4, 0.5) is 5.69 Å². The first-order valence-corrected chi connectivity index (χ1v) is 17.8. The Hall–Kier alpha value is -4.35. The highest BCUT2D eigenvalue weighted by atomic mass is 79.9. The average molecular weight is 721 g/mol. The number of hydrogen-bond acceptors (Lipinski definition) is 6. The fraction of sp³-hybridized carbons (Fsp3) is 0.278.